The van der Waals surface area contributed by atoms with Gasteiger partial charge in [-0.3, -0.25) is 19.6 Å². The molecule has 170 valence electrons. The molecule has 0 unspecified atom stereocenters. The molecule has 9 nitrogen and oxygen atoms in total. The number of ether oxygens (including phenoxy) is 1. The summed E-state index contributed by atoms with van der Waals surface area (Å²) in [5, 5.41) is 13.9. The second-order valence-corrected chi connectivity index (χ2v) is 9.07. The first kappa shape index (κ1) is 23.3. The van der Waals surface area contributed by atoms with Crippen LogP contribution in [0.1, 0.15) is 42.5 Å². The molecule has 0 spiro atoms. The van der Waals surface area contributed by atoms with Crippen LogP contribution in [0.4, 0.5) is 11.4 Å². The van der Waals surface area contributed by atoms with Crippen molar-refractivity contribution < 1.29 is 22.9 Å². The van der Waals surface area contributed by atoms with Gasteiger partial charge in [0, 0.05) is 24.2 Å². The molecule has 1 aliphatic carbocycles. The molecule has 0 aliphatic heterocycles. The summed E-state index contributed by atoms with van der Waals surface area (Å²) in [6, 6.07) is 9.08. The topological polar surface area (TPSA) is 128 Å². The van der Waals surface area contributed by atoms with E-state index in [1.165, 1.54) is 61.9 Å². The van der Waals surface area contributed by atoms with Crippen molar-refractivity contribution in [3.63, 3.8) is 0 Å². The number of allylic oxidation sites excluding steroid dienone is 1. The van der Waals surface area contributed by atoms with Crippen LogP contribution >= 0.6 is 0 Å². The normalized spacial score (nSPS) is 13.7. The second kappa shape index (κ2) is 10.3. The fourth-order valence-electron chi connectivity index (χ4n) is 3.45. The molecule has 0 aromatic heterocycles. The van der Waals surface area contributed by atoms with Crippen LogP contribution in [0.5, 0.6) is 5.75 Å². The number of hydrogen-bond acceptors (Lipinski definition) is 6. The Morgan fingerprint density at radius 3 is 2.53 bits per heavy atom. The van der Waals surface area contributed by atoms with E-state index in [-0.39, 0.29) is 27.9 Å². The van der Waals surface area contributed by atoms with Gasteiger partial charge in [0.05, 0.1) is 22.6 Å². The molecule has 0 atom stereocenters. The number of carbonyl (C=O) groups excluding carboxylic acids is 1. The monoisotopic (exact) mass is 459 g/mol. The zero-order valence-electron chi connectivity index (χ0n) is 17.7. The number of amides is 1. The number of nitro groups is 1. The van der Waals surface area contributed by atoms with E-state index in [1.54, 1.807) is 0 Å². The van der Waals surface area contributed by atoms with E-state index >= 15 is 0 Å². The van der Waals surface area contributed by atoms with Crippen molar-refractivity contribution in [1.82, 2.24) is 5.32 Å². The number of carbonyl (C=O) groups is 1. The highest BCUT2D eigenvalue weighted by Crippen LogP contribution is 2.31. The molecule has 3 rings (SSSR count). The third kappa shape index (κ3) is 5.85. The van der Waals surface area contributed by atoms with E-state index in [2.05, 4.69) is 16.1 Å². The molecule has 0 radical (unpaired) electrons. The number of methoxy groups -OCH3 is 1. The average molecular weight is 460 g/mol. The van der Waals surface area contributed by atoms with Crippen molar-refractivity contribution >= 4 is 27.3 Å². The van der Waals surface area contributed by atoms with Gasteiger partial charge in [-0.15, -0.1) is 0 Å². The van der Waals surface area contributed by atoms with E-state index < -0.39 is 14.9 Å². The molecule has 1 aliphatic rings. The second-order valence-electron chi connectivity index (χ2n) is 7.39. The van der Waals surface area contributed by atoms with Crippen LogP contribution in [0.3, 0.4) is 0 Å². The summed E-state index contributed by atoms with van der Waals surface area (Å²) in [5.74, 6) is -0.137. The summed E-state index contributed by atoms with van der Waals surface area (Å²) in [7, 11) is -2.72. The largest absolute Gasteiger partial charge is 0.495 e. The molecule has 10 heteroatoms. The number of anilines is 1. The molecular weight excluding hydrogens is 434 g/mol. The number of non-ortho nitro benzene ring substituents is 1. The average Bonchev–Trinajstić information content (AvgIpc) is 2.79. The number of hydrogen-bond donors (Lipinski definition) is 2. The Hall–Kier alpha value is -3.40. The van der Waals surface area contributed by atoms with E-state index in [1.807, 2.05) is 0 Å². The van der Waals surface area contributed by atoms with Crippen molar-refractivity contribution in [1.29, 1.82) is 0 Å². The zero-order valence-corrected chi connectivity index (χ0v) is 18.5. The highest BCUT2D eigenvalue weighted by molar-refractivity contribution is 7.92. The predicted molar refractivity (Wildman–Crippen MR) is 120 cm³/mol. The van der Waals surface area contributed by atoms with Gasteiger partial charge >= 0.3 is 0 Å². The van der Waals surface area contributed by atoms with Crippen molar-refractivity contribution in [3.05, 3.63) is 69.8 Å². The Labute approximate surface area is 186 Å². The van der Waals surface area contributed by atoms with Gasteiger partial charge < -0.3 is 10.1 Å². The van der Waals surface area contributed by atoms with Crippen LogP contribution in [0.15, 0.2) is 59.0 Å². The number of nitrogens with zero attached hydrogens (tertiary/aromatic N) is 1. The van der Waals surface area contributed by atoms with Crippen LogP contribution in [-0.2, 0) is 10.0 Å². The standard InChI is InChI=1S/C22H25N3O6S/c1-31-21-12-9-18(25(27)28)15-20(21)24-32(29,30)19-10-7-17(8-11-19)22(26)23-14-13-16-5-3-2-4-6-16/h5,7-12,15,24H,2-4,6,13-14H2,1H3,(H,23,26). The van der Waals surface area contributed by atoms with E-state index in [9.17, 15) is 23.3 Å². The van der Waals surface area contributed by atoms with Gasteiger partial charge in [-0.2, -0.15) is 0 Å². The third-order valence-electron chi connectivity index (χ3n) is 5.18. The summed E-state index contributed by atoms with van der Waals surface area (Å²) >= 11 is 0. The van der Waals surface area contributed by atoms with Gasteiger partial charge in [0.2, 0.25) is 0 Å². The van der Waals surface area contributed by atoms with Gasteiger partial charge in [-0.05, 0) is 62.4 Å². The Morgan fingerprint density at radius 1 is 1.16 bits per heavy atom. The highest BCUT2D eigenvalue weighted by atomic mass is 32.2. The first-order valence-electron chi connectivity index (χ1n) is 10.2. The third-order valence-corrected chi connectivity index (χ3v) is 6.56. The number of rotatable bonds is 9. The molecule has 2 aromatic rings. The molecular formula is C22H25N3O6S. The van der Waals surface area contributed by atoms with E-state index in [4.69, 9.17) is 4.74 Å². The van der Waals surface area contributed by atoms with E-state index in [0.29, 0.717) is 12.1 Å². The van der Waals surface area contributed by atoms with Gasteiger partial charge in [0.1, 0.15) is 5.75 Å². The first-order chi connectivity index (χ1) is 15.3. The number of nitro benzene ring substituents is 1. The minimum atomic E-state index is -4.05. The maximum Gasteiger partial charge on any atom is 0.271 e. The molecule has 32 heavy (non-hydrogen) atoms. The maximum absolute atomic E-state index is 12.7. The van der Waals surface area contributed by atoms with E-state index in [0.717, 1.165) is 25.3 Å². The lowest BCUT2D eigenvalue weighted by atomic mass is 9.97. The van der Waals surface area contributed by atoms with Crippen molar-refractivity contribution in [2.75, 3.05) is 18.4 Å². The number of benzene rings is 2. The molecule has 0 heterocycles. The SMILES string of the molecule is COc1ccc([N+](=O)[O-])cc1NS(=O)(=O)c1ccc(C(=O)NCCC2=CCCCC2)cc1. The summed E-state index contributed by atoms with van der Waals surface area (Å²) in [6.07, 6.45) is 7.62. The fourth-order valence-corrected chi connectivity index (χ4v) is 4.51. The minimum absolute atomic E-state index is 0.0551. The van der Waals surface area contributed by atoms with Crippen LogP contribution in [-0.4, -0.2) is 32.9 Å². The van der Waals surface area contributed by atoms with Crippen LogP contribution in [0.25, 0.3) is 0 Å². The number of nitrogens with one attached hydrogen (secondary N) is 2. The lowest BCUT2D eigenvalue weighted by Crippen LogP contribution is -2.25. The smallest absolute Gasteiger partial charge is 0.271 e. The highest BCUT2D eigenvalue weighted by Gasteiger charge is 2.20. The van der Waals surface area contributed by atoms with Crippen LogP contribution in [0.2, 0.25) is 0 Å². The Kier molecular flexibility index (Phi) is 7.47. The lowest BCUT2D eigenvalue weighted by molar-refractivity contribution is -0.384. The zero-order chi connectivity index (χ0) is 23.1. The fraction of sp³-hybridized carbons (Fsp3) is 0.318. The lowest BCUT2D eigenvalue weighted by Gasteiger charge is -2.13. The first-order valence-corrected chi connectivity index (χ1v) is 11.7. The van der Waals surface area contributed by atoms with Gasteiger partial charge in [-0.25, -0.2) is 8.42 Å². The summed E-state index contributed by atoms with van der Waals surface area (Å²) in [4.78, 5) is 22.6. The molecule has 1 amide bonds. The van der Waals surface area contributed by atoms with Gasteiger partial charge in [-0.1, -0.05) is 11.6 Å². The predicted octanol–water partition coefficient (Wildman–Crippen LogP) is 4.02. The van der Waals surface area contributed by atoms with Crippen molar-refractivity contribution in [2.45, 2.75) is 37.0 Å². The molecule has 2 aromatic carbocycles. The van der Waals surface area contributed by atoms with Crippen molar-refractivity contribution in [2.24, 2.45) is 0 Å². The van der Waals surface area contributed by atoms with Crippen LogP contribution in [0, 0.1) is 10.1 Å². The molecule has 0 saturated heterocycles. The molecule has 0 bridgehead atoms. The maximum atomic E-state index is 12.7. The Bertz CT molecular complexity index is 1130. The summed E-state index contributed by atoms with van der Waals surface area (Å²) in [6.45, 7) is 0.527. The van der Waals surface area contributed by atoms with Gasteiger partial charge in [0.15, 0.2) is 0 Å². The molecule has 0 saturated carbocycles. The van der Waals surface area contributed by atoms with Crippen LogP contribution < -0.4 is 14.8 Å². The minimum Gasteiger partial charge on any atom is -0.495 e. The molecule has 0 fully saturated rings. The summed E-state index contributed by atoms with van der Waals surface area (Å²) < 4.78 is 32.9. The number of sulfonamides is 1. The van der Waals surface area contributed by atoms with Crippen molar-refractivity contribution in [3.8, 4) is 5.75 Å². The van der Waals surface area contributed by atoms with Gasteiger partial charge in [0.25, 0.3) is 21.6 Å². The Balaban J connectivity index is 1.66. The quantitative estimate of drug-likeness (QED) is 0.331. The summed E-state index contributed by atoms with van der Waals surface area (Å²) in [5.41, 5.74) is 1.37. The Morgan fingerprint density at radius 2 is 1.91 bits per heavy atom. The molecule has 2 N–H and O–H groups in total.